The van der Waals surface area contributed by atoms with Gasteiger partial charge < -0.3 is 15.5 Å². The topological polar surface area (TPSA) is 107 Å². The van der Waals surface area contributed by atoms with Crippen molar-refractivity contribution in [1.82, 2.24) is 15.5 Å². The number of carbonyl (C=O) groups excluding carboxylic acids is 3. The minimum Gasteiger partial charge on any atom is -0.344 e. The second-order valence-electron chi connectivity index (χ2n) is 7.53. The van der Waals surface area contributed by atoms with Gasteiger partial charge in [-0.15, -0.1) is 0 Å². The maximum absolute atomic E-state index is 12.8. The molecule has 1 aliphatic heterocycles. The third-order valence-corrected chi connectivity index (χ3v) is 4.98. The van der Waals surface area contributed by atoms with Gasteiger partial charge in [0.05, 0.1) is 12.1 Å². The van der Waals surface area contributed by atoms with Gasteiger partial charge in [-0.25, -0.2) is 0 Å². The summed E-state index contributed by atoms with van der Waals surface area (Å²) < 4.78 is 0. The van der Waals surface area contributed by atoms with Gasteiger partial charge in [-0.2, -0.15) is 5.10 Å². The summed E-state index contributed by atoms with van der Waals surface area (Å²) in [4.78, 5) is 39.4. The largest absolute Gasteiger partial charge is 0.344 e. The van der Waals surface area contributed by atoms with Crippen LogP contribution in [-0.4, -0.2) is 40.5 Å². The Morgan fingerprint density at radius 3 is 2.62 bits per heavy atom. The number of aromatic nitrogens is 2. The molecule has 0 saturated carbocycles. The first-order chi connectivity index (χ1) is 13.8. The average Bonchev–Trinajstić information content (AvgIpc) is 3.31. The van der Waals surface area contributed by atoms with Gasteiger partial charge in [-0.3, -0.25) is 19.5 Å². The number of nitrogens with one attached hydrogen (secondary N) is 3. The monoisotopic (exact) mass is 417 g/mol. The highest BCUT2D eigenvalue weighted by atomic mass is 35.5. The summed E-state index contributed by atoms with van der Waals surface area (Å²) in [5.74, 6) is -0.621. The van der Waals surface area contributed by atoms with E-state index in [1.165, 1.54) is 6.20 Å². The second-order valence-corrected chi connectivity index (χ2v) is 7.97. The number of rotatable bonds is 7. The molecule has 0 aliphatic carbocycles. The van der Waals surface area contributed by atoms with Crippen molar-refractivity contribution < 1.29 is 14.4 Å². The highest BCUT2D eigenvalue weighted by molar-refractivity contribution is 6.30. The van der Waals surface area contributed by atoms with Crippen LogP contribution in [0.5, 0.6) is 0 Å². The fourth-order valence-corrected chi connectivity index (χ4v) is 3.42. The minimum atomic E-state index is -0.703. The Morgan fingerprint density at radius 1 is 1.28 bits per heavy atom. The molecule has 0 spiro atoms. The Balaban J connectivity index is 1.65. The molecule has 0 radical (unpaired) electrons. The Bertz CT molecular complexity index is 867. The average molecular weight is 418 g/mol. The molecule has 29 heavy (non-hydrogen) atoms. The molecule has 3 rings (SSSR count). The molecule has 1 aliphatic rings. The Labute approximate surface area is 174 Å². The molecule has 9 heteroatoms. The maximum atomic E-state index is 12.8. The van der Waals surface area contributed by atoms with Crippen LogP contribution in [0.3, 0.4) is 0 Å². The van der Waals surface area contributed by atoms with Crippen molar-refractivity contribution in [1.29, 1.82) is 0 Å². The van der Waals surface area contributed by atoms with Gasteiger partial charge in [0.15, 0.2) is 0 Å². The lowest BCUT2D eigenvalue weighted by molar-refractivity contribution is -0.129. The summed E-state index contributed by atoms with van der Waals surface area (Å²) >= 11 is 5.90. The van der Waals surface area contributed by atoms with Crippen molar-refractivity contribution in [3.05, 3.63) is 41.6 Å². The van der Waals surface area contributed by atoms with E-state index >= 15 is 0 Å². The van der Waals surface area contributed by atoms with Crippen LogP contribution >= 0.6 is 11.6 Å². The van der Waals surface area contributed by atoms with Crippen LogP contribution in [0.1, 0.15) is 26.7 Å². The number of benzene rings is 1. The highest BCUT2D eigenvalue weighted by Gasteiger charge is 2.36. The molecule has 2 heterocycles. The van der Waals surface area contributed by atoms with E-state index in [4.69, 9.17) is 11.6 Å². The van der Waals surface area contributed by atoms with Gasteiger partial charge in [-0.05, 0) is 36.6 Å². The zero-order valence-corrected chi connectivity index (χ0v) is 17.1. The van der Waals surface area contributed by atoms with Crippen LogP contribution in [-0.2, 0) is 14.4 Å². The number of hydrogen-bond donors (Lipinski definition) is 3. The molecule has 2 atom stereocenters. The fourth-order valence-electron chi connectivity index (χ4n) is 3.29. The van der Waals surface area contributed by atoms with Crippen LogP contribution < -0.4 is 15.5 Å². The molecule has 1 fully saturated rings. The van der Waals surface area contributed by atoms with Crippen molar-refractivity contribution in [3.8, 4) is 0 Å². The van der Waals surface area contributed by atoms with E-state index in [0.717, 1.165) is 0 Å². The third-order valence-electron chi connectivity index (χ3n) is 4.73. The Hall–Kier alpha value is -2.87. The molecular formula is C20H24ClN5O3. The predicted molar refractivity (Wildman–Crippen MR) is 111 cm³/mol. The number of halogens is 1. The first kappa shape index (κ1) is 20.9. The first-order valence-electron chi connectivity index (χ1n) is 9.50. The van der Waals surface area contributed by atoms with Gasteiger partial charge in [0.25, 0.3) is 0 Å². The van der Waals surface area contributed by atoms with Crippen molar-refractivity contribution in [3.63, 3.8) is 0 Å². The lowest BCUT2D eigenvalue weighted by Crippen LogP contribution is -2.47. The number of hydrogen-bond acceptors (Lipinski definition) is 4. The molecule has 3 amide bonds. The van der Waals surface area contributed by atoms with Gasteiger partial charge in [0.1, 0.15) is 11.9 Å². The van der Waals surface area contributed by atoms with E-state index in [1.54, 1.807) is 35.2 Å². The van der Waals surface area contributed by atoms with Crippen LogP contribution in [0.15, 0.2) is 36.5 Å². The van der Waals surface area contributed by atoms with E-state index in [9.17, 15) is 14.4 Å². The predicted octanol–water partition coefficient (Wildman–Crippen LogP) is 2.59. The fraction of sp³-hybridized carbons (Fsp3) is 0.400. The molecule has 154 valence electrons. The number of H-pyrrole nitrogens is 1. The molecule has 1 saturated heterocycles. The normalized spacial score (nSPS) is 17.4. The summed E-state index contributed by atoms with van der Waals surface area (Å²) in [6.07, 6.45) is 2.11. The van der Waals surface area contributed by atoms with E-state index in [0.29, 0.717) is 22.9 Å². The van der Waals surface area contributed by atoms with Crippen LogP contribution in [0.2, 0.25) is 5.02 Å². The van der Waals surface area contributed by atoms with E-state index in [-0.39, 0.29) is 36.6 Å². The van der Waals surface area contributed by atoms with Crippen LogP contribution in [0, 0.1) is 11.8 Å². The number of anilines is 2. The summed E-state index contributed by atoms with van der Waals surface area (Å²) in [5.41, 5.74) is 0.699. The quantitative estimate of drug-likeness (QED) is 0.643. The van der Waals surface area contributed by atoms with E-state index in [1.807, 2.05) is 13.8 Å². The number of aromatic amines is 1. The molecule has 2 unspecified atom stereocenters. The molecule has 8 nitrogen and oxygen atoms in total. The van der Waals surface area contributed by atoms with Gasteiger partial charge in [0.2, 0.25) is 17.7 Å². The van der Waals surface area contributed by atoms with E-state index in [2.05, 4.69) is 20.8 Å². The first-order valence-corrected chi connectivity index (χ1v) is 9.88. The summed E-state index contributed by atoms with van der Waals surface area (Å²) in [7, 11) is 0. The number of nitrogens with zero attached hydrogens (tertiary/aromatic N) is 2. The Kier molecular flexibility index (Phi) is 6.53. The third kappa shape index (κ3) is 5.35. The summed E-state index contributed by atoms with van der Waals surface area (Å²) in [6.45, 7) is 4.22. The molecule has 1 aromatic carbocycles. The van der Waals surface area contributed by atoms with Gasteiger partial charge in [0, 0.05) is 29.7 Å². The smallest absolute Gasteiger partial charge is 0.248 e. The summed E-state index contributed by atoms with van der Waals surface area (Å²) in [6, 6.07) is 7.84. The SMILES string of the molecule is CC(C)CC(NC(=O)C1CC(=O)N(c2ccc(Cl)cc2)C1)C(=O)Nc1ccn[nH]1. The number of amides is 3. The lowest BCUT2D eigenvalue weighted by atomic mass is 10.0. The maximum Gasteiger partial charge on any atom is 0.248 e. The molecular weight excluding hydrogens is 394 g/mol. The Morgan fingerprint density at radius 2 is 2.00 bits per heavy atom. The second kappa shape index (κ2) is 9.09. The van der Waals surface area contributed by atoms with Crippen LogP contribution in [0.25, 0.3) is 0 Å². The van der Waals surface area contributed by atoms with Crippen molar-refractivity contribution >= 4 is 40.8 Å². The summed E-state index contributed by atoms with van der Waals surface area (Å²) in [5, 5.41) is 12.6. The minimum absolute atomic E-state index is 0.102. The lowest BCUT2D eigenvalue weighted by Gasteiger charge is -2.22. The van der Waals surface area contributed by atoms with Gasteiger partial charge in [-0.1, -0.05) is 25.4 Å². The van der Waals surface area contributed by atoms with Crippen molar-refractivity contribution in [2.24, 2.45) is 11.8 Å². The molecule has 1 aromatic heterocycles. The number of carbonyl (C=O) groups is 3. The van der Waals surface area contributed by atoms with Crippen molar-refractivity contribution in [2.45, 2.75) is 32.7 Å². The zero-order valence-electron chi connectivity index (χ0n) is 16.3. The van der Waals surface area contributed by atoms with Gasteiger partial charge >= 0.3 is 0 Å². The molecule has 0 bridgehead atoms. The standard InChI is InChI=1S/C20H24ClN5O3/c1-12(2)9-16(20(29)24-17-7-8-22-25-17)23-19(28)13-10-18(27)26(11-13)15-5-3-14(21)4-6-15/h3-8,12-13,16H,9-11H2,1-2H3,(H,23,28)(H2,22,24,25,29). The van der Waals surface area contributed by atoms with E-state index < -0.39 is 12.0 Å². The van der Waals surface area contributed by atoms with Crippen LogP contribution in [0.4, 0.5) is 11.5 Å². The highest BCUT2D eigenvalue weighted by Crippen LogP contribution is 2.26. The molecule has 2 aromatic rings. The molecule has 3 N–H and O–H groups in total. The zero-order chi connectivity index (χ0) is 21.0. The van der Waals surface area contributed by atoms with Crippen molar-refractivity contribution in [2.75, 3.05) is 16.8 Å².